The second kappa shape index (κ2) is 11.7. The highest BCUT2D eigenvalue weighted by Crippen LogP contribution is 2.14. The van der Waals surface area contributed by atoms with Crippen LogP contribution in [0.1, 0.15) is 25.3 Å². The van der Waals surface area contributed by atoms with Crippen LogP contribution in [0.4, 0.5) is 5.69 Å². The van der Waals surface area contributed by atoms with Crippen molar-refractivity contribution in [3.8, 4) is 0 Å². The third-order valence-corrected chi connectivity index (χ3v) is 3.04. The number of hydrogen-bond acceptors (Lipinski definition) is 5. The highest BCUT2D eigenvalue weighted by Gasteiger charge is 1.95. The Labute approximate surface area is 133 Å². The summed E-state index contributed by atoms with van der Waals surface area (Å²) in [6.45, 7) is 8.90. The molecule has 120 valence electrons. The minimum atomic E-state index is 0.598. The third-order valence-electron chi connectivity index (χ3n) is 3.04. The third kappa shape index (κ3) is 9.05. The Kier molecular flexibility index (Phi) is 9.57. The van der Waals surface area contributed by atoms with E-state index >= 15 is 0 Å². The number of piperazine rings is 1. The van der Waals surface area contributed by atoms with Crippen molar-refractivity contribution in [1.82, 2.24) is 20.6 Å². The lowest BCUT2D eigenvalue weighted by atomic mass is 10.0. The number of anilines is 1. The van der Waals surface area contributed by atoms with Gasteiger partial charge in [0.1, 0.15) is 0 Å². The summed E-state index contributed by atoms with van der Waals surface area (Å²) >= 11 is 0. The van der Waals surface area contributed by atoms with E-state index in [1.807, 2.05) is 12.1 Å². The average molecular weight is 301 g/mol. The van der Waals surface area contributed by atoms with Gasteiger partial charge in [0.2, 0.25) is 0 Å². The van der Waals surface area contributed by atoms with Crippen molar-refractivity contribution in [3.63, 3.8) is 0 Å². The SMILES string of the molecule is C1CNCCN1.CC(C)c1ccc(N)cc1.c1cnccn1. The van der Waals surface area contributed by atoms with Crippen LogP contribution in [0.3, 0.4) is 0 Å². The number of benzene rings is 1. The molecule has 22 heavy (non-hydrogen) atoms. The Morgan fingerprint density at radius 1 is 0.818 bits per heavy atom. The van der Waals surface area contributed by atoms with Crippen LogP contribution in [0.5, 0.6) is 0 Å². The number of nitrogen functional groups attached to an aromatic ring is 1. The van der Waals surface area contributed by atoms with Gasteiger partial charge in [-0.2, -0.15) is 0 Å². The Morgan fingerprint density at radius 2 is 1.23 bits per heavy atom. The molecule has 1 fully saturated rings. The Hall–Kier alpha value is -1.98. The van der Waals surface area contributed by atoms with Crippen LogP contribution in [-0.4, -0.2) is 36.1 Å². The molecule has 5 heteroatoms. The smallest absolute Gasteiger partial charge is 0.0451 e. The summed E-state index contributed by atoms with van der Waals surface area (Å²) in [6.07, 6.45) is 6.56. The Morgan fingerprint density at radius 3 is 1.50 bits per heavy atom. The second-order valence-electron chi connectivity index (χ2n) is 5.22. The summed E-state index contributed by atoms with van der Waals surface area (Å²) in [5, 5.41) is 6.44. The normalized spacial score (nSPS) is 13.4. The maximum absolute atomic E-state index is 5.53. The molecule has 2 heterocycles. The zero-order valence-corrected chi connectivity index (χ0v) is 13.5. The summed E-state index contributed by atoms with van der Waals surface area (Å²) in [6, 6.07) is 8.02. The van der Waals surface area contributed by atoms with Crippen LogP contribution in [0, 0.1) is 0 Å². The number of nitrogens with one attached hydrogen (secondary N) is 2. The molecular formula is C17H27N5. The number of nitrogens with two attached hydrogens (primary N) is 1. The number of rotatable bonds is 1. The fourth-order valence-electron chi connectivity index (χ4n) is 1.74. The number of aromatic nitrogens is 2. The molecule has 1 aliphatic heterocycles. The lowest BCUT2D eigenvalue weighted by Crippen LogP contribution is -2.39. The first-order chi connectivity index (χ1) is 10.7. The molecule has 1 saturated heterocycles. The molecule has 4 N–H and O–H groups in total. The number of hydrogen-bond donors (Lipinski definition) is 3. The number of nitrogens with zero attached hydrogens (tertiary/aromatic N) is 2. The molecule has 0 unspecified atom stereocenters. The van der Waals surface area contributed by atoms with E-state index in [1.54, 1.807) is 24.8 Å². The van der Waals surface area contributed by atoms with Crippen molar-refractivity contribution in [2.45, 2.75) is 19.8 Å². The molecule has 0 radical (unpaired) electrons. The molecule has 1 aliphatic rings. The molecule has 3 rings (SSSR count). The molecule has 0 amide bonds. The fraction of sp³-hybridized carbons (Fsp3) is 0.412. The molecule has 0 bridgehead atoms. The van der Waals surface area contributed by atoms with E-state index in [2.05, 4.69) is 46.6 Å². The van der Waals surface area contributed by atoms with Crippen LogP contribution in [-0.2, 0) is 0 Å². The standard InChI is InChI=1S/C9H13N.C4H10N2.C4H4N2/c1-7(2)8-3-5-9(10)6-4-8;2*1-2-6-4-3-5-1/h3-7H,10H2,1-2H3;5-6H,1-4H2;1-4H. The van der Waals surface area contributed by atoms with Gasteiger partial charge in [0, 0.05) is 56.7 Å². The van der Waals surface area contributed by atoms with Gasteiger partial charge in [-0.25, -0.2) is 0 Å². The first kappa shape index (κ1) is 18.1. The van der Waals surface area contributed by atoms with Gasteiger partial charge < -0.3 is 16.4 Å². The van der Waals surface area contributed by atoms with E-state index in [1.165, 1.54) is 5.56 Å². The molecule has 0 aliphatic carbocycles. The lowest BCUT2D eigenvalue weighted by Gasteiger charge is -2.11. The van der Waals surface area contributed by atoms with Crippen molar-refractivity contribution < 1.29 is 0 Å². The Bertz CT molecular complexity index is 428. The van der Waals surface area contributed by atoms with Gasteiger partial charge in [-0.05, 0) is 23.6 Å². The molecule has 1 aromatic carbocycles. The quantitative estimate of drug-likeness (QED) is 0.703. The van der Waals surface area contributed by atoms with Crippen LogP contribution < -0.4 is 16.4 Å². The van der Waals surface area contributed by atoms with Crippen molar-refractivity contribution in [2.75, 3.05) is 31.9 Å². The Balaban J connectivity index is 0.000000174. The van der Waals surface area contributed by atoms with E-state index in [-0.39, 0.29) is 0 Å². The zero-order valence-electron chi connectivity index (χ0n) is 13.5. The van der Waals surface area contributed by atoms with Gasteiger partial charge in [0.25, 0.3) is 0 Å². The molecule has 1 aromatic heterocycles. The summed E-state index contributed by atoms with van der Waals surface area (Å²) < 4.78 is 0. The summed E-state index contributed by atoms with van der Waals surface area (Å²) in [7, 11) is 0. The van der Waals surface area contributed by atoms with Gasteiger partial charge in [0.15, 0.2) is 0 Å². The van der Waals surface area contributed by atoms with Crippen molar-refractivity contribution in [1.29, 1.82) is 0 Å². The predicted molar refractivity (Wildman–Crippen MR) is 92.7 cm³/mol. The van der Waals surface area contributed by atoms with E-state index in [0.717, 1.165) is 31.9 Å². The van der Waals surface area contributed by atoms with Gasteiger partial charge in [-0.1, -0.05) is 26.0 Å². The van der Waals surface area contributed by atoms with Crippen LogP contribution in [0.25, 0.3) is 0 Å². The minimum absolute atomic E-state index is 0.598. The monoisotopic (exact) mass is 301 g/mol. The van der Waals surface area contributed by atoms with Crippen molar-refractivity contribution >= 4 is 5.69 Å². The van der Waals surface area contributed by atoms with Crippen LogP contribution >= 0.6 is 0 Å². The van der Waals surface area contributed by atoms with Gasteiger partial charge in [-0.15, -0.1) is 0 Å². The average Bonchev–Trinajstić information content (AvgIpc) is 2.59. The summed E-state index contributed by atoms with van der Waals surface area (Å²) in [5.41, 5.74) is 7.71. The van der Waals surface area contributed by atoms with Gasteiger partial charge in [0.05, 0.1) is 0 Å². The molecule has 0 atom stereocenters. The first-order valence-electron chi connectivity index (χ1n) is 7.67. The van der Waals surface area contributed by atoms with Crippen LogP contribution in [0.15, 0.2) is 49.1 Å². The van der Waals surface area contributed by atoms with Gasteiger partial charge in [-0.3, -0.25) is 9.97 Å². The van der Waals surface area contributed by atoms with Gasteiger partial charge >= 0.3 is 0 Å². The minimum Gasteiger partial charge on any atom is -0.399 e. The fourth-order valence-corrected chi connectivity index (χ4v) is 1.74. The molecule has 5 nitrogen and oxygen atoms in total. The molecule has 0 saturated carbocycles. The summed E-state index contributed by atoms with van der Waals surface area (Å²) in [5.74, 6) is 0.598. The largest absolute Gasteiger partial charge is 0.399 e. The lowest BCUT2D eigenvalue weighted by molar-refractivity contribution is 0.534. The topological polar surface area (TPSA) is 75.9 Å². The molecule has 0 spiro atoms. The van der Waals surface area contributed by atoms with E-state index in [9.17, 15) is 0 Å². The first-order valence-corrected chi connectivity index (χ1v) is 7.67. The van der Waals surface area contributed by atoms with E-state index in [0.29, 0.717) is 5.92 Å². The summed E-state index contributed by atoms with van der Waals surface area (Å²) in [4.78, 5) is 7.44. The highest BCUT2D eigenvalue weighted by atomic mass is 15.0. The van der Waals surface area contributed by atoms with Crippen LogP contribution in [0.2, 0.25) is 0 Å². The van der Waals surface area contributed by atoms with Crippen molar-refractivity contribution in [2.24, 2.45) is 0 Å². The predicted octanol–water partition coefficient (Wildman–Crippen LogP) is 2.05. The second-order valence-corrected chi connectivity index (χ2v) is 5.22. The van der Waals surface area contributed by atoms with Crippen molar-refractivity contribution in [3.05, 3.63) is 54.6 Å². The molecule has 2 aromatic rings. The van der Waals surface area contributed by atoms with E-state index < -0.39 is 0 Å². The zero-order chi connectivity index (χ0) is 16.0. The molecular weight excluding hydrogens is 274 g/mol. The maximum atomic E-state index is 5.53. The highest BCUT2D eigenvalue weighted by molar-refractivity contribution is 5.39. The maximum Gasteiger partial charge on any atom is 0.0451 e. The van der Waals surface area contributed by atoms with E-state index in [4.69, 9.17) is 5.73 Å².